The van der Waals surface area contributed by atoms with Crippen LogP contribution in [-0.2, 0) is 6.54 Å². The molecule has 0 aliphatic heterocycles. The van der Waals surface area contributed by atoms with Crippen LogP contribution in [0.2, 0.25) is 0 Å². The lowest BCUT2D eigenvalue weighted by atomic mass is 9.99. The van der Waals surface area contributed by atoms with Crippen molar-refractivity contribution in [3.05, 3.63) is 77.7 Å². The van der Waals surface area contributed by atoms with Crippen LogP contribution < -0.4 is 10.1 Å². The maximum Gasteiger partial charge on any atom is 0.356 e. The number of carbonyl (C=O) groups excluding carboxylic acids is 1. The normalized spacial score (nSPS) is 10.8. The number of ether oxygens (including phenoxy) is 1. The van der Waals surface area contributed by atoms with Gasteiger partial charge in [0, 0.05) is 17.8 Å². The third-order valence-corrected chi connectivity index (χ3v) is 4.84. The number of aromatic carboxylic acids is 1. The van der Waals surface area contributed by atoms with Gasteiger partial charge in [-0.3, -0.25) is 4.79 Å². The van der Waals surface area contributed by atoms with Gasteiger partial charge >= 0.3 is 5.97 Å². The number of nitrogens with one attached hydrogen (secondary N) is 1. The minimum absolute atomic E-state index is 0.0992. The van der Waals surface area contributed by atoms with Crippen molar-refractivity contribution in [3.63, 3.8) is 0 Å². The molecule has 0 atom stereocenters. The Hall–Kier alpha value is -4.27. The van der Waals surface area contributed by atoms with E-state index in [1.807, 2.05) is 37.3 Å². The number of benzene rings is 2. The van der Waals surface area contributed by atoms with E-state index in [1.54, 1.807) is 23.1 Å². The minimum Gasteiger partial charge on any atom is -0.478 e. The summed E-state index contributed by atoms with van der Waals surface area (Å²) in [4.78, 5) is 28.8. The second-order valence-corrected chi connectivity index (χ2v) is 7.07. The predicted octanol–water partition coefficient (Wildman–Crippen LogP) is 3.61. The summed E-state index contributed by atoms with van der Waals surface area (Å²) in [6.45, 7) is 2.87. The molecule has 0 radical (unpaired) electrons. The lowest BCUT2D eigenvalue weighted by Crippen LogP contribution is -2.17. The van der Waals surface area contributed by atoms with Crippen LogP contribution in [0.5, 0.6) is 5.88 Å². The lowest BCUT2D eigenvalue weighted by Gasteiger charge is -2.13. The highest BCUT2D eigenvalue weighted by atomic mass is 16.5. The average molecular weight is 431 g/mol. The zero-order valence-corrected chi connectivity index (χ0v) is 17.4. The van der Waals surface area contributed by atoms with Gasteiger partial charge in [-0.25, -0.2) is 14.5 Å². The van der Waals surface area contributed by atoms with E-state index < -0.39 is 11.9 Å². The fourth-order valence-electron chi connectivity index (χ4n) is 3.37. The molecule has 162 valence electrons. The van der Waals surface area contributed by atoms with Crippen LogP contribution in [0.25, 0.3) is 10.8 Å². The monoisotopic (exact) mass is 431 g/mol. The molecule has 0 saturated heterocycles. The molecule has 2 heterocycles. The second kappa shape index (κ2) is 9.25. The van der Waals surface area contributed by atoms with Gasteiger partial charge in [0.1, 0.15) is 0 Å². The quantitative estimate of drug-likeness (QED) is 0.437. The Labute approximate surface area is 183 Å². The van der Waals surface area contributed by atoms with E-state index in [9.17, 15) is 14.7 Å². The number of carboxylic acids is 1. The molecule has 0 bridgehead atoms. The van der Waals surface area contributed by atoms with Crippen molar-refractivity contribution in [2.75, 3.05) is 11.9 Å². The summed E-state index contributed by atoms with van der Waals surface area (Å²) in [7, 11) is 0. The molecule has 9 nitrogen and oxygen atoms in total. The summed E-state index contributed by atoms with van der Waals surface area (Å²) in [6.07, 6.45) is 4.14. The van der Waals surface area contributed by atoms with Crippen LogP contribution in [0.3, 0.4) is 0 Å². The van der Waals surface area contributed by atoms with E-state index >= 15 is 0 Å². The van der Waals surface area contributed by atoms with Crippen molar-refractivity contribution < 1.29 is 19.4 Å². The Morgan fingerprint density at radius 2 is 1.91 bits per heavy atom. The standard InChI is InChI=1S/C23H21N5O4/c1-2-13-32-20-10-9-19(21(26-20)23(30)31)25-22(29)18-8-7-15(14-28-12-11-24-27-28)16-5-3-4-6-17(16)18/h3-12H,2,13-14H2,1H3,(H,25,29)(H,30,31). The van der Waals surface area contributed by atoms with Gasteiger partial charge in [-0.05, 0) is 34.9 Å². The molecule has 0 spiro atoms. The zero-order chi connectivity index (χ0) is 22.5. The molecule has 9 heteroatoms. The molecule has 0 unspecified atom stereocenters. The molecule has 0 aliphatic rings. The lowest BCUT2D eigenvalue weighted by molar-refractivity contribution is 0.0690. The van der Waals surface area contributed by atoms with Crippen LogP contribution in [0.4, 0.5) is 5.69 Å². The number of amides is 1. The topological polar surface area (TPSA) is 119 Å². The Morgan fingerprint density at radius 3 is 2.62 bits per heavy atom. The molecule has 1 amide bonds. The van der Waals surface area contributed by atoms with E-state index in [2.05, 4.69) is 20.6 Å². The van der Waals surface area contributed by atoms with Crippen molar-refractivity contribution in [3.8, 4) is 5.88 Å². The fourth-order valence-corrected chi connectivity index (χ4v) is 3.37. The molecule has 32 heavy (non-hydrogen) atoms. The van der Waals surface area contributed by atoms with Gasteiger partial charge in [0.2, 0.25) is 5.88 Å². The highest BCUT2D eigenvalue weighted by Crippen LogP contribution is 2.26. The summed E-state index contributed by atoms with van der Waals surface area (Å²) in [6, 6.07) is 14.1. The maximum atomic E-state index is 13.1. The summed E-state index contributed by atoms with van der Waals surface area (Å²) in [5.41, 5.74) is 1.22. The summed E-state index contributed by atoms with van der Waals surface area (Å²) < 4.78 is 7.11. The summed E-state index contributed by atoms with van der Waals surface area (Å²) >= 11 is 0. The molecule has 4 aromatic rings. The van der Waals surface area contributed by atoms with Crippen LogP contribution in [0.15, 0.2) is 60.9 Å². The SMILES string of the molecule is CCCOc1ccc(NC(=O)c2ccc(Cn3ccnn3)c3ccccc23)c(C(=O)O)n1. The smallest absolute Gasteiger partial charge is 0.356 e. The molecule has 2 aromatic heterocycles. The van der Waals surface area contributed by atoms with E-state index in [0.717, 1.165) is 22.8 Å². The first-order valence-electron chi connectivity index (χ1n) is 10.1. The van der Waals surface area contributed by atoms with Gasteiger partial charge < -0.3 is 15.2 Å². The third kappa shape index (κ3) is 4.41. The molecular weight excluding hydrogens is 410 g/mol. The van der Waals surface area contributed by atoms with Gasteiger partial charge in [0.15, 0.2) is 5.69 Å². The Kier molecular flexibility index (Phi) is 6.07. The van der Waals surface area contributed by atoms with Gasteiger partial charge in [0.25, 0.3) is 5.91 Å². The predicted molar refractivity (Wildman–Crippen MR) is 118 cm³/mol. The Balaban J connectivity index is 1.65. The fraction of sp³-hybridized carbons (Fsp3) is 0.174. The number of pyridine rings is 1. The van der Waals surface area contributed by atoms with Crippen molar-refractivity contribution in [1.82, 2.24) is 20.0 Å². The van der Waals surface area contributed by atoms with Crippen molar-refractivity contribution in [1.29, 1.82) is 0 Å². The van der Waals surface area contributed by atoms with Crippen molar-refractivity contribution in [2.24, 2.45) is 0 Å². The number of hydrogen-bond acceptors (Lipinski definition) is 6. The number of hydrogen-bond donors (Lipinski definition) is 2. The number of aromatic nitrogens is 4. The summed E-state index contributed by atoms with van der Waals surface area (Å²) in [5, 5.41) is 21.7. The molecular formula is C23H21N5O4. The first-order valence-corrected chi connectivity index (χ1v) is 10.1. The first kappa shape index (κ1) is 21.0. The number of nitrogens with zero attached hydrogens (tertiary/aromatic N) is 4. The minimum atomic E-state index is -1.25. The first-order chi connectivity index (χ1) is 15.6. The molecule has 4 rings (SSSR count). The van der Waals surface area contributed by atoms with Crippen molar-refractivity contribution >= 4 is 28.3 Å². The number of fused-ring (bicyclic) bond motifs is 1. The molecule has 2 N–H and O–H groups in total. The zero-order valence-electron chi connectivity index (χ0n) is 17.4. The van der Waals surface area contributed by atoms with E-state index in [0.29, 0.717) is 18.7 Å². The molecule has 0 fully saturated rings. The Bertz CT molecular complexity index is 1270. The van der Waals surface area contributed by atoms with E-state index in [1.165, 1.54) is 12.1 Å². The van der Waals surface area contributed by atoms with Crippen LogP contribution in [0.1, 0.15) is 39.8 Å². The van der Waals surface area contributed by atoms with E-state index in [-0.39, 0.29) is 17.3 Å². The average Bonchev–Trinajstić information content (AvgIpc) is 3.31. The van der Waals surface area contributed by atoms with Crippen molar-refractivity contribution in [2.45, 2.75) is 19.9 Å². The molecule has 0 saturated carbocycles. The van der Waals surface area contributed by atoms with Crippen LogP contribution >= 0.6 is 0 Å². The van der Waals surface area contributed by atoms with Gasteiger partial charge in [-0.15, -0.1) is 5.10 Å². The summed E-state index contributed by atoms with van der Waals surface area (Å²) in [5.74, 6) is -1.49. The largest absolute Gasteiger partial charge is 0.478 e. The van der Waals surface area contributed by atoms with Crippen LogP contribution in [-0.4, -0.2) is 43.6 Å². The number of anilines is 1. The van der Waals surface area contributed by atoms with Crippen LogP contribution in [0, 0.1) is 0 Å². The molecule has 2 aromatic carbocycles. The van der Waals surface area contributed by atoms with Gasteiger partial charge in [-0.1, -0.05) is 42.5 Å². The molecule has 0 aliphatic carbocycles. The third-order valence-electron chi connectivity index (χ3n) is 4.84. The van der Waals surface area contributed by atoms with Gasteiger partial charge in [-0.2, -0.15) is 0 Å². The maximum absolute atomic E-state index is 13.1. The van der Waals surface area contributed by atoms with Gasteiger partial charge in [0.05, 0.1) is 25.0 Å². The number of carboxylic acid groups (broad SMARTS) is 1. The number of rotatable bonds is 8. The number of carbonyl (C=O) groups is 2. The highest BCUT2D eigenvalue weighted by molar-refractivity contribution is 6.14. The Morgan fingerprint density at radius 1 is 1.09 bits per heavy atom. The second-order valence-electron chi connectivity index (χ2n) is 7.07. The highest BCUT2D eigenvalue weighted by Gasteiger charge is 2.18. The van der Waals surface area contributed by atoms with E-state index in [4.69, 9.17) is 4.74 Å².